The van der Waals surface area contributed by atoms with Gasteiger partial charge in [-0.2, -0.15) is 0 Å². The van der Waals surface area contributed by atoms with Crippen LogP contribution in [0.15, 0.2) is 42.1 Å². The minimum absolute atomic E-state index is 0.00321. The second-order valence-electron chi connectivity index (χ2n) is 4.34. The number of ether oxygens (including phenoxy) is 1. The fourth-order valence-corrected chi connectivity index (χ4v) is 2.31. The van der Waals surface area contributed by atoms with Gasteiger partial charge < -0.3 is 4.74 Å². The van der Waals surface area contributed by atoms with Crippen molar-refractivity contribution >= 4 is 11.6 Å². The van der Waals surface area contributed by atoms with E-state index in [-0.39, 0.29) is 6.10 Å². The van der Waals surface area contributed by atoms with Gasteiger partial charge in [-0.05, 0) is 37.0 Å². The van der Waals surface area contributed by atoms with Crippen LogP contribution in [0.3, 0.4) is 0 Å². The molecular formula is C15H17ClO. The number of hydrogen-bond acceptors (Lipinski definition) is 1. The number of rotatable bonds is 2. The van der Waals surface area contributed by atoms with E-state index >= 15 is 0 Å². The highest BCUT2D eigenvalue weighted by Crippen LogP contribution is 2.36. The van der Waals surface area contributed by atoms with Crippen LogP contribution in [0.25, 0.3) is 0 Å². The summed E-state index contributed by atoms with van der Waals surface area (Å²) in [7, 11) is 0. The van der Waals surface area contributed by atoms with Gasteiger partial charge in [-0.25, -0.2) is 0 Å². The van der Waals surface area contributed by atoms with Crippen molar-refractivity contribution in [3.05, 3.63) is 52.7 Å². The quantitative estimate of drug-likeness (QED) is 0.691. The second kappa shape index (κ2) is 5.55. The van der Waals surface area contributed by atoms with Crippen LogP contribution in [-0.2, 0) is 4.74 Å². The first kappa shape index (κ1) is 12.4. The maximum Gasteiger partial charge on any atom is 0.111 e. The molecule has 1 fully saturated rings. The lowest BCUT2D eigenvalue weighted by Crippen LogP contribution is -2.23. The van der Waals surface area contributed by atoms with Gasteiger partial charge in [0.2, 0.25) is 0 Å². The highest BCUT2D eigenvalue weighted by atomic mass is 35.5. The molecule has 0 radical (unpaired) electrons. The first-order valence-electron chi connectivity index (χ1n) is 6.04. The molecule has 0 unspecified atom stereocenters. The van der Waals surface area contributed by atoms with E-state index in [0.29, 0.717) is 6.10 Å². The number of hydrogen-bond donors (Lipinski definition) is 0. The molecule has 1 aliphatic rings. The van der Waals surface area contributed by atoms with Gasteiger partial charge in [0.1, 0.15) is 6.10 Å². The summed E-state index contributed by atoms with van der Waals surface area (Å²) in [6.45, 7) is 5.92. The van der Waals surface area contributed by atoms with Crippen molar-refractivity contribution in [3.63, 3.8) is 0 Å². The van der Waals surface area contributed by atoms with Gasteiger partial charge in [-0.15, -0.1) is 5.73 Å². The zero-order chi connectivity index (χ0) is 12.3. The van der Waals surface area contributed by atoms with E-state index in [0.717, 1.165) is 35.4 Å². The van der Waals surface area contributed by atoms with Crippen molar-refractivity contribution in [3.8, 4) is 0 Å². The maximum atomic E-state index is 6.08. The summed E-state index contributed by atoms with van der Waals surface area (Å²) in [4.78, 5) is 0. The zero-order valence-electron chi connectivity index (χ0n) is 10.1. The summed E-state index contributed by atoms with van der Waals surface area (Å²) in [6, 6.07) is 7.83. The van der Waals surface area contributed by atoms with Crippen LogP contribution in [-0.4, -0.2) is 6.10 Å². The van der Waals surface area contributed by atoms with Crippen LogP contribution in [0.4, 0.5) is 0 Å². The van der Waals surface area contributed by atoms with Crippen LogP contribution in [0, 0.1) is 0 Å². The molecule has 0 spiro atoms. The summed E-state index contributed by atoms with van der Waals surface area (Å²) in [5.74, 6) is 0. The lowest BCUT2D eigenvalue weighted by Gasteiger charge is -2.31. The SMILES string of the molecule is C=C=C1CC[C@H](CC)O[C@@H]1c1ccc(Cl)cc1. The van der Waals surface area contributed by atoms with Gasteiger partial charge in [0.15, 0.2) is 0 Å². The Balaban J connectivity index is 2.26. The van der Waals surface area contributed by atoms with Crippen LogP contribution in [0.5, 0.6) is 0 Å². The van der Waals surface area contributed by atoms with Crippen LogP contribution >= 0.6 is 11.6 Å². The molecule has 2 atom stereocenters. The molecule has 1 aromatic rings. The van der Waals surface area contributed by atoms with E-state index in [1.165, 1.54) is 0 Å². The predicted octanol–water partition coefficient (Wildman–Crippen LogP) is 4.68. The average Bonchev–Trinajstić information content (AvgIpc) is 2.39. The van der Waals surface area contributed by atoms with Gasteiger partial charge >= 0.3 is 0 Å². The van der Waals surface area contributed by atoms with Crippen molar-refractivity contribution in [1.29, 1.82) is 0 Å². The molecule has 1 aromatic carbocycles. The Labute approximate surface area is 108 Å². The highest BCUT2D eigenvalue weighted by molar-refractivity contribution is 6.30. The van der Waals surface area contributed by atoms with Crippen LogP contribution in [0.1, 0.15) is 37.9 Å². The molecule has 1 nitrogen and oxygen atoms in total. The monoisotopic (exact) mass is 248 g/mol. The molecule has 1 saturated heterocycles. The Morgan fingerprint density at radius 2 is 2.12 bits per heavy atom. The first-order chi connectivity index (χ1) is 8.24. The summed E-state index contributed by atoms with van der Waals surface area (Å²) in [5, 5.41) is 0.751. The Bertz CT molecular complexity index is 429. The van der Waals surface area contributed by atoms with Crippen molar-refractivity contribution in [2.45, 2.75) is 38.4 Å². The Morgan fingerprint density at radius 3 is 2.71 bits per heavy atom. The van der Waals surface area contributed by atoms with Crippen molar-refractivity contribution in [2.24, 2.45) is 0 Å². The van der Waals surface area contributed by atoms with E-state index in [1.807, 2.05) is 24.3 Å². The molecular weight excluding hydrogens is 232 g/mol. The van der Waals surface area contributed by atoms with Crippen molar-refractivity contribution in [1.82, 2.24) is 0 Å². The second-order valence-corrected chi connectivity index (χ2v) is 4.78. The average molecular weight is 249 g/mol. The molecule has 1 heterocycles. The van der Waals surface area contributed by atoms with Crippen LogP contribution in [0.2, 0.25) is 5.02 Å². The van der Waals surface area contributed by atoms with Gasteiger partial charge in [-0.1, -0.05) is 37.2 Å². The largest absolute Gasteiger partial charge is 0.365 e. The predicted molar refractivity (Wildman–Crippen MR) is 71.2 cm³/mol. The normalized spacial score (nSPS) is 24.5. The lowest BCUT2D eigenvalue weighted by molar-refractivity contribution is -0.0217. The molecule has 0 bridgehead atoms. The van der Waals surface area contributed by atoms with E-state index in [2.05, 4.69) is 19.2 Å². The minimum atomic E-state index is 0.00321. The van der Waals surface area contributed by atoms with Crippen molar-refractivity contribution < 1.29 is 4.74 Å². The summed E-state index contributed by atoms with van der Waals surface area (Å²) in [5.41, 5.74) is 5.31. The number of benzene rings is 1. The molecule has 0 saturated carbocycles. The fraction of sp³-hybridized carbons (Fsp3) is 0.400. The molecule has 90 valence electrons. The fourth-order valence-electron chi connectivity index (χ4n) is 2.19. The van der Waals surface area contributed by atoms with Crippen molar-refractivity contribution in [2.75, 3.05) is 0 Å². The molecule has 0 aromatic heterocycles. The Kier molecular flexibility index (Phi) is 4.06. The third-order valence-electron chi connectivity index (χ3n) is 3.24. The molecule has 0 N–H and O–H groups in total. The third kappa shape index (κ3) is 2.81. The lowest BCUT2D eigenvalue weighted by atomic mass is 9.93. The summed E-state index contributed by atoms with van der Waals surface area (Å²) < 4.78 is 6.08. The van der Waals surface area contributed by atoms with Gasteiger partial charge in [0, 0.05) is 10.6 Å². The molecule has 17 heavy (non-hydrogen) atoms. The van der Waals surface area contributed by atoms with Gasteiger partial charge in [-0.3, -0.25) is 0 Å². The zero-order valence-corrected chi connectivity index (χ0v) is 10.8. The first-order valence-corrected chi connectivity index (χ1v) is 6.42. The van der Waals surface area contributed by atoms with Gasteiger partial charge in [0.25, 0.3) is 0 Å². The van der Waals surface area contributed by atoms with Crippen LogP contribution < -0.4 is 0 Å². The topological polar surface area (TPSA) is 9.23 Å². The molecule has 2 heteroatoms. The molecule has 2 rings (SSSR count). The summed E-state index contributed by atoms with van der Waals surface area (Å²) >= 11 is 5.90. The molecule has 1 aliphatic heterocycles. The standard InChI is InChI=1S/C15H17ClO/c1-3-11-7-10-14(4-2)17-15(11)12-5-8-13(16)9-6-12/h5-6,8-9,14-15H,1,4,7,10H2,2H3/t14-,15-/m0/s1. The smallest absolute Gasteiger partial charge is 0.111 e. The minimum Gasteiger partial charge on any atom is -0.365 e. The summed E-state index contributed by atoms with van der Waals surface area (Å²) in [6.07, 6.45) is 3.48. The van der Waals surface area contributed by atoms with Gasteiger partial charge in [0.05, 0.1) is 6.10 Å². The van der Waals surface area contributed by atoms with E-state index in [1.54, 1.807) is 0 Å². The Hall–Kier alpha value is -1.01. The third-order valence-corrected chi connectivity index (χ3v) is 3.49. The highest BCUT2D eigenvalue weighted by Gasteiger charge is 2.26. The maximum absolute atomic E-state index is 6.08. The van der Waals surface area contributed by atoms with E-state index in [9.17, 15) is 0 Å². The molecule has 0 aliphatic carbocycles. The number of halogens is 1. The molecule has 0 amide bonds. The Morgan fingerprint density at radius 1 is 1.41 bits per heavy atom. The van der Waals surface area contributed by atoms with E-state index in [4.69, 9.17) is 16.3 Å². The van der Waals surface area contributed by atoms with E-state index < -0.39 is 0 Å².